The van der Waals surface area contributed by atoms with E-state index in [0.29, 0.717) is 6.54 Å². The molecule has 0 atom stereocenters. The Balaban J connectivity index is 3.18. The molecule has 0 aliphatic heterocycles. The van der Waals surface area contributed by atoms with Crippen LogP contribution in [-0.4, -0.2) is 36.4 Å². The first-order chi connectivity index (χ1) is 4.35. The maximum Gasteiger partial charge on any atom is 0.0572 e. The van der Waals surface area contributed by atoms with Gasteiger partial charge in [-0.25, -0.2) is 5.01 Å². The second kappa shape index (κ2) is 6.01. The number of hydrogen-bond acceptors (Lipinski definition) is 3. The number of hydrogen-bond donors (Lipinski definition) is 2. The van der Waals surface area contributed by atoms with Gasteiger partial charge in [0.2, 0.25) is 0 Å². The molecule has 0 amide bonds. The third-order valence-corrected chi connectivity index (χ3v) is 1.13. The van der Waals surface area contributed by atoms with Crippen molar-refractivity contribution in [2.75, 3.05) is 26.2 Å². The van der Waals surface area contributed by atoms with Gasteiger partial charge in [0.05, 0.1) is 6.61 Å². The highest BCUT2D eigenvalue weighted by atomic mass is 16.3. The summed E-state index contributed by atoms with van der Waals surface area (Å²) in [6.07, 6.45) is 0. The molecule has 0 saturated heterocycles. The molecule has 0 saturated carbocycles. The van der Waals surface area contributed by atoms with Crippen molar-refractivity contribution in [3.63, 3.8) is 0 Å². The predicted molar refractivity (Wildman–Crippen MR) is 38.0 cm³/mol. The van der Waals surface area contributed by atoms with Gasteiger partial charge >= 0.3 is 0 Å². The molecule has 9 heavy (non-hydrogen) atoms. The lowest BCUT2D eigenvalue weighted by Crippen LogP contribution is -2.39. The van der Waals surface area contributed by atoms with Crippen LogP contribution in [0, 0.1) is 0 Å². The van der Waals surface area contributed by atoms with Crippen molar-refractivity contribution in [3.8, 4) is 0 Å². The van der Waals surface area contributed by atoms with E-state index >= 15 is 0 Å². The van der Waals surface area contributed by atoms with E-state index in [1.807, 2.05) is 11.9 Å². The van der Waals surface area contributed by atoms with E-state index < -0.39 is 0 Å². The fraction of sp³-hybridized carbons (Fsp3) is 1.00. The summed E-state index contributed by atoms with van der Waals surface area (Å²) in [4.78, 5) is 0. The fourth-order valence-corrected chi connectivity index (χ4v) is 0.693. The lowest BCUT2D eigenvalue weighted by Gasteiger charge is -2.18. The summed E-state index contributed by atoms with van der Waals surface area (Å²) in [5.74, 6) is 0. The van der Waals surface area contributed by atoms with Gasteiger partial charge in [-0.1, -0.05) is 13.8 Å². The van der Waals surface area contributed by atoms with Gasteiger partial charge in [-0.2, -0.15) is 0 Å². The maximum atomic E-state index is 8.51. The minimum absolute atomic E-state index is 0.223. The summed E-state index contributed by atoms with van der Waals surface area (Å²) in [5.41, 5.74) is 3.11. The molecule has 0 aromatic heterocycles. The Morgan fingerprint density at radius 3 is 2.44 bits per heavy atom. The van der Waals surface area contributed by atoms with Crippen molar-refractivity contribution < 1.29 is 5.11 Å². The zero-order valence-electron chi connectivity index (χ0n) is 6.22. The fourth-order valence-electron chi connectivity index (χ4n) is 0.693. The van der Waals surface area contributed by atoms with E-state index in [1.165, 1.54) is 0 Å². The highest BCUT2D eigenvalue weighted by molar-refractivity contribution is 4.44. The van der Waals surface area contributed by atoms with Crippen LogP contribution in [0.2, 0.25) is 0 Å². The topological polar surface area (TPSA) is 35.5 Å². The van der Waals surface area contributed by atoms with Crippen LogP contribution in [0.5, 0.6) is 0 Å². The Hall–Kier alpha value is -0.120. The summed E-state index contributed by atoms with van der Waals surface area (Å²) in [6.45, 7) is 6.89. The lowest BCUT2D eigenvalue weighted by atomic mass is 10.6. The monoisotopic (exact) mass is 132 g/mol. The van der Waals surface area contributed by atoms with Crippen molar-refractivity contribution in [2.45, 2.75) is 13.8 Å². The maximum absolute atomic E-state index is 8.51. The first-order valence-corrected chi connectivity index (χ1v) is 3.44. The third-order valence-electron chi connectivity index (χ3n) is 1.13. The minimum Gasteiger partial charge on any atom is -0.395 e. The molecule has 0 aromatic carbocycles. The molecule has 56 valence electrons. The average Bonchev–Trinajstić information content (AvgIpc) is 1.88. The molecular formula is C6H16N2O. The molecule has 0 spiro atoms. The largest absolute Gasteiger partial charge is 0.395 e. The summed E-state index contributed by atoms with van der Waals surface area (Å²) < 4.78 is 0. The molecule has 0 unspecified atom stereocenters. The van der Waals surface area contributed by atoms with Gasteiger partial charge in [0.1, 0.15) is 0 Å². The van der Waals surface area contributed by atoms with Gasteiger partial charge in [-0.15, -0.1) is 0 Å². The Kier molecular flexibility index (Phi) is 5.93. The molecule has 0 aliphatic carbocycles. The lowest BCUT2D eigenvalue weighted by molar-refractivity contribution is 0.153. The van der Waals surface area contributed by atoms with Crippen molar-refractivity contribution >= 4 is 0 Å². The van der Waals surface area contributed by atoms with Crippen LogP contribution in [0.1, 0.15) is 13.8 Å². The molecule has 0 aromatic rings. The van der Waals surface area contributed by atoms with Crippen LogP contribution in [0.4, 0.5) is 0 Å². The second-order valence-corrected chi connectivity index (χ2v) is 1.81. The molecule has 0 rings (SSSR count). The second-order valence-electron chi connectivity index (χ2n) is 1.81. The molecule has 3 nitrogen and oxygen atoms in total. The summed E-state index contributed by atoms with van der Waals surface area (Å²) in [6, 6.07) is 0. The zero-order valence-corrected chi connectivity index (χ0v) is 6.22. The molecule has 0 aliphatic rings. The van der Waals surface area contributed by atoms with E-state index in [2.05, 4.69) is 12.3 Å². The molecule has 0 heterocycles. The van der Waals surface area contributed by atoms with E-state index in [9.17, 15) is 0 Å². The van der Waals surface area contributed by atoms with Gasteiger partial charge in [-0.05, 0) is 0 Å². The predicted octanol–water partition coefficient (Wildman–Crippen LogP) is -0.175. The van der Waals surface area contributed by atoms with Gasteiger partial charge in [0.15, 0.2) is 0 Å². The number of aliphatic hydroxyl groups is 1. The number of nitrogens with zero attached hydrogens (tertiary/aromatic N) is 1. The highest BCUT2D eigenvalue weighted by Crippen LogP contribution is 1.77. The Bertz CT molecular complexity index is 53.0. The van der Waals surface area contributed by atoms with Crippen molar-refractivity contribution in [1.82, 2.24) is 10.4 Å². The molecule has 0 radical (unpaired) electrons. The van der Waals surface area contributed by atoms with E-state index in [1.54, 1.807) is 0 Å². The molecular weight excluding hydrogens is 116 g/mol. The van der Waals surface area contributed by atoms with Crippen molar-refractivity contribution in [1.29, 1.82) is 0 Å². The minimum atomic E-state index is 0.223. The third kappa shape index (κ3) is 4.39. The molecule has 3 heteroatoms. The van der Waals surface area contributed by atoms with E-state index in [-0.39, 0.29) is 6.61 Å². The Morgan fingerprint density at radius 1 is 1.44 bits per heavy atom. The van der Waals surface area contributed by atoms with Gasteiger partial charge in [0, 0.05) is 19.6 Å². The smallest absolute Gasteiger partial charge is 0.0572 e. The highest BCUT2D eigenvalue weighted by Gasteiger charge is 1.95. The first kappa shape index (κ1) is 8.88. The molecule has 2 N–H and O–H groups in total. The summed E-state index contributed by atoms with van der Waals surface area (Å²) >= 11 is 0. The average molecular weight is 132 g/mol. The number of likely N-dealkylation sites (N-methyl/N-ethyl adjacent to an activating group) is 1. The normalized spacial score (nSPS) is 10.7. The number of nitrogens with one attached hydrogen (secondary N) is 1. The number of hydrazine groups is 1. The molecule has 0 fully saturated rings. The van der Waals surface area contributed by atoms with E-state index in [0.717, 1.165) is 13.1 Å². The van der Waals surface area contributed by atoms with Crippen molar-refractivity contribution in [2.24, 2.45) is 0 Å². The van der Waals surface area contributed by atoms with Gasteiger partial charge < -0.3 is 5.11 Å². The van der Waals surface area contributed by atoms with Crippen LogP contribution in [0.25, 0.3) is 0 Å². The SMILES string of the molecule is CCNN(CC)CCO. The first-order valence-electron chi connectivity index (χ1n) is 3.44. The van der Waals surface area contributed by atoms with Gasteiger partial charge in [0.25, 0.3) is 0 Å². The Morgan fingerprint density at radius 2 is 2.11 bits per heavy atom. The Labute approximate surface area is 56.6 Å². The van der Waals surface area contributed by atoms with E-state index in [4.69, 9.17) is 5.11 Å². The van der Waals surface area contributed by atoms with Crippen LogP contribution in [0.15, 0.2) is 0 Å². The number of rotatable bonds is 5. The molecule has 0 bridgehead atoms. The van der Waals surface area contributed by atoms with Crippen LogP contribution in [-0.2, 0) is 0 Å². The van der Waals surface area contributed by atoms with Crippen molar-refractivity contribution in [3.05, 3.63) is 0 Å². The summed E-state index contributed by atoms with van der Waals surface area (Å²) in [7, 11) is 0. The zero-order chi connectivity index (χ0) is 7.11. The summed E-state index contributed by atoms with van der Waals surface area (Å²) in [5, 5.41) is 10.5. The van der Waals surface area contributed by atoms with Crippen LogP contribution in [0.3, 0.4) is 0 Å². The van der Waals surface area contributed by atoms with Crippen LogP contribution < -0.4 is 5.43 Å². The van der Waals surface area contributed by atoms with Crippen LogP contribution >= 0.6 is 0 Å². The van der Waals surface area contributed by atoms with Gasteiger partial charge in [-0.3, -0.25) is 5.43 Å². The quantitative estimate of drug-likeness (QED) is 0.510. The number of aliphatic hydroxyl groups excluding tert-OH is 1. The standard InChI is InChI=1S/C6H16N2O/c1-3-7-8(4-2)5-6-9/h7,9H,3-6H2,1-2H3.